The third-order valence-electron chi connectivity index (χ3n) is 9.28. The number of carbonyl (C=O) groups is 4. The summed E-state index contributed by atoms with van der Waals surface area (Å²) in [5, 5.41) is 13.5. The minimum absolute atomic E-state index is 0.0449. The average molecular weight is 727 g/mol. The molecular formula is C31H34F4N6O8S. The molecule has 2 saturated carbocycles. The van der Waals surface area contributed by atoms with E-state index < -0.39 is 105 Å². The van der Waals surface area contributed by atoms with Gasteiger partial charge in [-0.05, 0) is 50.7 Å². The molecule has 3 fully saturated rings. The maximum Gasteiger partial charge on any atom is 0.438 e. The molecule has 0 unspecified atom stereocenters. The first-order chi connectivity index (χ1) is 23.6. The van der Waals surface area contributed by atoms with Crippen molar-refractivity contribution in [2.45, 2.75) is 92.9 Å². The average Bonchev–Trinajstić information content (AvgIpc) is 3.95. The molecule has 6 rings (SSSR count). The number of benzene rings is 1. The molecule has 0 spiro atoms. The third-order valence-corrected chi connectivity index (χ3v) is 11.1. The second-order valence-electron chi connectivity index (χ2n) is 13.0. The van der Waals surface area contributed by atoms with Crippen molar-refractivity contribution < 1.29 is 55.0 Å². The predicted octanol–water partition coefficient (Wildman–Crippen LogP) is 2.78. The number of allylic oxidation sites excluding steroid dienone is 1. The van der Waals surface area contributed by atoms with Crippen LogP contribution in [0.5, 0.6) is 5.88 Å². The number of rotatable bonds is 6. The Morgan fingerprint density at radius 3 is 2.54 bits per heavy atom. The van der Waals surface area contributed by atoms with Crippen LogP contribution in [0.2, 0.25) is 0 Å². The quantitative estimate of drug-likeness (QED) is 0.254. The van der Waals surface area contributed by atoms with E-state index in [4.69, 9.17) is 4.74 Å². The van der Waals surface area contributed by atoms with Crippen molar-refractivity contribution in [2.75, 3.05) is 6.54 Å². The minimum Gasteiger partial charge on any atom is -0.471 e. The lowest BCUT2D eigenvalue weighted by Crippen LogP contribution is -2.58. The van der Waals surface area contributed by atoms with Crippen LogP contribution in [0.1, 0.15) is 63.5 Å². The Labute approximate surface area is 283 Å². The molecule has 4 N–H and O–H groups in total. The monoisotopic (exact) mass is 726 g/mol. The van der Waals surface area contributed by atoms with Gasteiger partial charge in [-0.1, -0.05) is 25.0 Å². The summed E-state index contributed by atoms with van der Waals surface area (Å²) in [4.78, 5) is 61.4. The Hall–Kier alpha value is -4.55. The SMILES string of the molecule is O=C(O)N[C@H]1CCCCCC=C[C@@H]2C[C@@]2(C(=O)NS(=O)(=O)C2CC2)NC(=O)[C@@H]2C[C@@H](Oc3nc4cc(F)ccc4nc3C(F)(F)F)CN2C1=O. The molecule has 0 bridgehead atoms. The van der Waals surface area contributed by atoms with Gasteiger partial charge in [0.15, 0.2) is 0 Å². The maximum atomic E-state index is 14.1. The Kier molecular flexibility index (Phi) is 9.38. The van der Waals surface area contributed by atoms with E-state index in [2.05, 4.69) is 25.3 Å². The summed E-state index contributed by atoms with van der Waals surface area (Å²) in [6.45, 7) is -0.493. The number of hydrogen-bond acceptors (Lipinski definition) is 9. The predicted molar refractivity (Wildman–Crippen MR) is 165 cm³/mol. The highest BCUT2D eigenvalue weighted by Gasteiger charge is 2.62. The number of amides is 4. The molecule has 2 aliphatic carbocycles. The van der Waals surface area contributed by atoms with Gasteiger partial charge in [-0.3, -0.25) is 19.1 Å². The highest BCUT2D eigenvalue weighted by Crippen LogP contribution is 2.46. The number of nitrogens with one attached hydrogen (secondary N) is 3. The van der Waals surface area contributed by atoms with Crippen LogP contribution < -0.4 is 20.1 Å². The van der Waals surface area contributed by atoms with E-state index in [0.29, 0.717) is 38.5 Å². The van der Waals surface area contributed by atoms with Gasteiger partial charge < -0.3 is 25.4 Å². The number of fused-ring (bicyclic) bond motifs is 3. The molecule has 5 atom stereocenters. The molecule has 1 aromatic heterocycles. The molecule has 270 valence electrons. The van der Waals surface area contributed by atoms with Crippen LogP contribution >= 0.6 is 0 Å². The molecule has 14 nitrogen and oxygen atoms in total. The van der Waals surface area contributed by atoms with Crippen LogP contribution in [0.15, 0.2) is 30.4 Å². The topological polar surface area (TPSA) is 197 Å². The molecule has 4 aliphatic rings. The lowest BCUT2D eigenvalue weighted by molar-refractivity contribution is -0.143. The lowest BCUT2D eigenvalue weighted by atomic mass is 10.1. The van der Waals surface area contributed by atoms with Crippen LogP contribution in [-0.4, -0.2) is 87.7 Å². The van der Waals surface area contributed by atoms with Crippen LogP contribution in [0.3, 0.4) is 0 Å². The number of hydrogen-bond donors (Lipinski definition) is 4. The standard InChI is InChI=1S/C31H34F4N6O8S/c32-17-8-11-20-22(12-17)37-26(24(36-20)31(33,34)35)49-18-13-23-25(42)39-30(28(44)40-50(47,48)19-9-10-19)14-16(30)6-4-2-1-3-5-7-21(38-29(45)46)27(43)41(23)15-18/h4,6,8,11-12,16,18-19,21,23,38H,1-3,5,7,9-10,13-15H2,(H,39,42)(H,40,44)(H,45,46)/t16-,18-,21+,23+,30-/m1/s1. The van der Waals surface area contributed by atoms with Gasteiger partial charge in [-0.15, -0.1) is 0 Å². The Bertz CT molecular complexity index is 1860. The van der Waals surface area contributed by atoms with E-state index in [-0.39, 0.29) is 23.9 Å². The zero-order chi connectivity index (χ0) is 36.0. The minimum atomic E-state index is -5.06. The third kappa shape index (κ3) is 7.46. The van der Waals surface area contributed by atoms with Crippen molar-refractivity contribution in [1.29, 1.82) is 0 Å². The first kappa shape index (κ1) is 35.3. The van der Waals surface area contributed by atoms with Crippen molar-refractivity contribution in [3.63, 3.8) is 0 Å². The first-order valence-corrected chi connectivity index (χ1v) is 17.7. The number of alkyl halides is 3. The number of carbonyl (C=O) groups excluding carboxylic acids is 3. The van der Waals surface area contributed by atoms with E-state index >= 15 is 0 Å². The summed E-state index contributed by atoms with van der Waals surface area (Å²) in [7, 11) is -4.01. The summed E-state index contributed by atoms with van der Waals surface area (Å²) >= 11 is 0. The molecule has 0 radical (unpaired) electrons. The number of ether oxygens (including phenoxy) is 1. The number of nitrogens with zero attached hydrogens (tertiary/aromatic N) is 3. The molecule has 1 saturated heterocycles. The summed E-state index contributed by atoms with van der Waals surface area (Å²) in [5.74, 6) is -5.14. The molecular weight excluding hydrogens is 692 g/mol. The van der Waals surface area contributed by atoms with Gasteiger partial charge in [0, 0.05) is 18.4 Å². The second-order valence-corrected chi connectivity index (χ2v) is 15.0. The largest absolute Gasteiger partial charge is 0.471 e. The van der Waals surface area contributed by atoms with Gasteiger partial charge in [-0.2, -0.15) is 13.2 Å². The van der Waals surface area contributed by atoms with E-state index in [9.17, 15) is 50.3 Å². The van der Waals surface area contributed by atoms with Crippen molar-refractivity contribution >= 4 is 44.9 Å². The summed E-state index contributed by atoms with van der Waals surface area (Å²) in [6.07, 6.45) is -1.71. The fourth-order valence-electron chi connectivity index (χ4n) is 6.43. The smallest absolute Gasteiger partial charge is 0.438 e. The number of halogens is 4. The molecule has 19 heteroatoms. The fourth-order valence-corrected chi connectivity index (χ4v) is 7.80. The van der Waals surface area contributed by atoms with Gasteiger partial charge in [-0.25, -0.2) is 27.6 Å². The van der Waals surface area contributed by atoms with Crippen molar-refractivity contribution in [1.82, 2.24) is 30.2 Å². The zero-order valence-corrected chi connectivity index (χ0v) is 27.2. The maximum absolute atomic E-state index is 14.1. The van der Waals surface area contributed by atoms with Gasteiger partial charge in [0.2, 0.25) is 33.4 Å². The Morgan fingerprint density at radius 1 is 1.08 bits per heavy atom. The molecule has 2 aliphatic heterocycles. The summed E-state index contributed by atoms with van der Waals surface area (Å²) in [6, 6.07) is -0.0111. The molecule has 1 aromatic carbocycles. The highest BCUT2D eigenvalue weighted by molar-refractivity contribution is 7.91. The molecule has 2 aromatic rings. The fraction of sp³-hybridized carbons (Fsp3) is 0.548. The van der Waals surface area contributed by atoms with E-state index in [1.54, 1.807) is 12.2 Å². The van der Waals surface area contributed by atoms with Crippen molar-refractivity contribution in [2.24, 2.45) is 5.92 Å². The van der Waals surface area contributed by atoms with Crippen LogP contribution in [0.4, 0.5) is 22.4 Å². The normalized spacial score (nSPS) is 27.7. The molecule has 4 amide bonds. The van der Waals surface area contributed by atoms with Gasteiger partial charge >= 0.3 is 12.3 Å². The molecule has 3 heterocycles. The van der Waals surface area contributed by atoms with E-state index in [0.717, 1.165) is 23.1 Å². The van der Waals surface area contributed by atoms with Crippen LogP contribution in [-0.2, 0) is 30.6 Å². The van der Waals surface area contributed by atoms with Crippen LogP contribution in [0.25, 0.3) is 11.0 Å². The summed E-state index contributed by atoms with van der Waals surface area (Å²) < 4.78 is 89.2. The number of sulfonamides is 1. The Morgan fingerprint density at radius 2 is 1.84 bits per heavy atom. The summed E-state index contributed by atoms with van der Waals surface area (Å²) in [5.41, 5.74) is -3.73. The molecule has 50 heavy (non-hydrogen) atoms. The number of aromatic nitrogens is 2. The van der Waals surface area contributed by atoms with E-state index in [1.807, 2.05) is 0 Å². The lowest BCUT2D eigenvalue weighted by Gasteiger charge is -2.29. The van der Waals surface area contributed by atoms with E-state index in [1.165, 1.54) is 0 Å². The Balaban J connectivity index is 1.33. The second kappa shape index (κ2) is 13.3. The van der Waals surface area contributed by atoms with Crippen molar-refractivity contribution in [3.8, 4) is 5.88 Å². The van der Waals surface area contributed by atoms with Gasteiger partial charge in [0.1, 0.15) is 29.5 Å². The first-order valence-electron chi connectivity index (χ1n) is 16.1. The van der Waals surface area contributed by atoms with Crippen molar-refractivity contribution in [3.05, 3.63) is 41.9 Å². The zero-order valence-electron chi connectivity index (χ0n) is 26.4. The number of carboxylic acid groups (broad SMARTS) is 1. The highest BCUT2D eigenvalue weighted by atomic mass is 32.2. The van der Waals surface area contributed by atoms with Gasteiger partial charge in [0.25, 0.3) is 5.91 Å². The van der Waals surface area contributed by atoms with Gasteiger partial charge in [0.05, 0.1) is 22.8 Å². The van der Waals surface area contributed by atoms with Crippen LogP contribution in [0, 0.1) is 11.7 Å².